The number of anilines is 1. The van der Waals surface area contributed by atoms with Crippen LogP contribution in [-0.2, 0) is 4.79 Å². The summed E-state index contributed by atoms with van der Waals surface area (Å²) >= 11 is 0. The summed E-state index contributed by atoms with van der Waals surface area (Å²) in [5.41, 5.74) is 2.03. The molecule has 1 N–H and O–H groups in total. The summed E-state index contributed by atoms with van der Waals surface area (Å²) in [4.78, 5) is 19.3. The van der Waals surface area contributed by atoms with Crippen LogP contribution in [0.1, 0.15) is 17.0 Å². The summed E-state index contributed by atoms with van der Waals surface area (Å²) < 4.78 is 0. The van der Waals surface area contributed by atoms with E-state index in [0.29, 0.717) is 6.54 Å². The molecule has 0 saturated carbocycles. The van der Waals surface area contributed by atoms with Crippen molar-refractivity contribution in [2.45, 2.75) is 5.92 Å². The van der Waals surface area contributed by atoms with E-state index in [0.717, 1.165) is 16.9 Å². The molecule has 3 rings (SSSR count). The maximum absolute atomic E-state index is 11.4. The van der Waals surface area contributed by atoms with E-state index in [4.69, 9.17) is 0 Å². The number of nitrogens with one attached hydrogen (secondary N) is 1. The molecule has 13 heavy (non-hydrogen) atoms. The zero-order valence-corrected chi connectivity index (χ0v) is 6.82. The normalized spacial score (nSPS) is 22.8. The van der Waals surface area contributed by atoms with Crippen LogP contribution < -0.4 is 5.32 Å². The van der Waals surface area contributed by atoms with E-state index in [9.17, 15) is 4.79 Å². The van der Waals surface area contributed by atoms with Gasteiger partial charge in [-0.2, -0.15) is 0 Å². The highest BCUT2D eigenvalue weighted by Gasteiger charge is 2.33. The van der Waals surface area contributed by atoms with Gasteiger partial charge in [-0.1, -0.05) is 0 Å². The van der Waals surface area contributed by atoms with Gasteiger partial charge in [0, 0.05) is 30.1 Å². The maximum Gasteiger partial charge on any atom is 0.255 e. The van der Waals surface area contributed by atoms with Gasteiger partial charge in [-0.3, -0.25) is 4.79 Å². The Balaban J connectivity index is 2.32. The molecule has 4 nitrogen and oxygen atoms in total. The molecule has 1 aromatic heterocycles. The Labute approximate surface area is 74.7 Å². The number of nitrogens with zero attached hydrogens (tertiary/aromatic N) is 2. The minimum absolute atomic E-state index is 0.0632. The lowest BCUT2D eigenvalue weighted by molar-refractivity contribution is -0.118. The van der Waals surface area contributed by atoms with Crippen LogP contribution in [0.25, 0.3) is 0 Å². The van der Waals surface area contributed by atoms with Crippen molar-refractivity contribution in [1.82, 2.24) is 4.98 Å². The van der Waals surface area contributed by atoms with E-state index in [-0.39, 0.29) is 11.8 Å². The summed E-state index contributed by atoms with van der Waals surface area (Å²) in [5, 5.41) is 3.10. The summed E-state index contributed by atoms with van der Waals surface area (Å²) in [5.74, 6) is 0.664. The zero-order valence-electron chi connectivity index (χ0n) is 6.82. The third-order valence-electron chi connectivity index (χ3n) is 2.47. The fraction of sp³-hybridized carbons (Fsp3) is 0.222. The minimum Gasteiger partial charge on any atom is -0.369 e. The number of carbonyl (C=O) groups is 1. The van der Waals surface area contributed by atoms with E-state index in [1.807, 2.05) is 6.07 Å². The van der Waals surface area contributed by atoms with Crippen molar-refractivity contribution >= 4 is 17.9 Å². The highest BCUT2D eigenvalue weighted by Crippen LogP contribution is 2.34. The first-order valence-electron chi connectivity index (χ1n) is 4.17. The van der Waals surface area contributed by atoms with E-state index in [1.54, 1.807) is 12.4 Å². The molecule has 0 aliphatic carbocycles. The second kappa shape index (κ2) is 2.16. The first-order valence-corrected chi connectivity index (χ1v) is 4.17. The fourth-order valence-corrected chi connectivity index (χ4v) is 1.84. The molecule has 3 heterocycles. The van der Waals surface area contributed by atoms with Crippen molar-refractivity contribution in [2.75, 3.05) is 11.9 Å². The molecule has 0 bridgehead atoms. The van der Waals surface area contributed by atoms with Gasteiger partial charge in [0.1, 0.15) is 5.82 Å². The number of pyridine rings is 1. The highest BCUT2D eigenvalue weighted by atomic mass is 16.1. The number of aliphatic imine (C=N–C) groups is 1. The standard InChI is InChI=1S/C9H7N3O/c13-9-6-4-11-8-7(6)5(3-12-9)1-2-10-8/h1-3,6H,4H2,(H,10,11). The van der Waals surface area contributed by atoms with Crippen LogP contribution in [0.4, 0.5) is 5.82 Å². The Morgan fingerprint density at radius 2 is 2.46 bits per heavy atom. The third kappa shape index (κ3) is 0.771. The van der Waals surface area contributed by atoms with Crippen molar-refractivity contribution in [1.29, 1.82) is 0 Å². The average Bonchev–Trinajstić information content (AvgIpc) is 2.57. The van der Waals surface area contributed by atoms with Gasteiger partial charge in [-0.15, -0.1) is 0 Å². The number of hydrogen-bond acceptors (Lipinski definition) is 3. The van der Waals surface area contributed by atoms with Gasteiger partial charge >= 0.3 is 0 Å². The van der Waals surface area contributed by atoms with Gasteiger partial charge in [-0.05, 0) is 6.07 Å². The molecule has 64 valence electrons. The number of hydrogen-bond donors (Lipinski definition) is 1. The van der Waals surface area contributed by atoms with Gasteiger partial charge < -0.3 is 5.32 Å². The van der Waals surface area contributed by atoms with Crippen LogP contribution in [0.15, 0.2) is 17.3 Å². The average molecular weight is 173 g/mol. The van der Waals surface area contributed by atoms with E-state index in [2.05, 4.69) is 15.3 Å². The van der Waals surface area contributed by atoms with E-state index in [1.165, 1.54) is 0 Å². The molecule has 0 aromatic carbocycles. The van der Waals surface area contributed by atoms with Crippen LogP contribution in [0.3, 0.4) is 0 Å². The molecule has 2 aliphatic heterocycles. The lowest BCUT2D eigenvalue weighted by Gasteiger charge is -2.11. The summed E-state index contributed by atoms with van der Waals surface area (Å²) in [6, 6.07) is 1.88. The molecule has 4 heteroatoms. The number of carbonyl (C=O) groups excluding carboxylic acids is 1. The number of amides is 1. The third-order valence-corrected chi connectivity index (χ3v) is 2.47. The summed E-state index contributed by atoms with van der Waals surface area (Å²) in [7, 11) is 0. The largest absolute Gasteiger partial charge is 0.369 e. The lowest BCUT2D eigenvalue weighted by Crippen LogP contribution is -2.17. The number of aromatic nitrogens is 1. The lowest BCUT2D eigenvalue weighted by atomic mass is 9.96. The Morgan fingerprint density at radius 3 is 3.38 bits per heavy atom. The molecule has 2 aliphatic rings. The maximum atomic E-state index is 11.4. The Morgan fingerprint density at radius 1 is 1.54 bits per heavy atom. The van der Waals surface area contributed by atoms with Crippen molar-refractivity contribution in [3.05, 3.63) is 23.4 Å². The first-order chi connectivity index (χ1) is 6.36. The predicted molar refractivity (Wildman–Crippen MR) is 48.1 cm³/mol. The second-order valence-corrected chi connectivity index (χ2v) is 3.19. The van der Waals surface area contributed by atoms with E-state index >= 15 is 0 Å². The van der Waals surface area contributed by atoms with Crippen LogP contribution in [-0.4, -0.2) is 23.7 Å². The van der Waals surface area contributed by atoms with Crippen LogP contribution in [0.2, 0.25) is 0 Å². The monoisotopic (exact) mass is 173 g/mol. The second-order valence-electron chi connectivity index (χ2n) is 3.19. The smallest absolute Gasteiger partial charge is 0.255 e. The Bertz CT molecular complexity index is 425. The minimum atomic E-state index is -0.108. The molecule has 0 fully saturated rings. The SMILES string of the molecule is O=C1N=Cc2ccnc3c2C1CN3. The fourth-order valence-electron chi connectivity index (χ4n) is 1.84. The molecule has 1 atom stereocenters. The molecular formula is C9H7N3O. The molecule has 1 unspecified atom stereocenters. The van der Waals surface area contributed by atoms with Gasteiger partial charge in [0.15, 0.2) is 0 Å². The molecule has 0 spiro atoms. The summed E-state index contributed by atoms with van der Waals surface area (Å²) in [6.07, 6.45) is 3.34. The van der Waals surface area contributed by atoms with Crippen LogP contribution >= 0.6 is 0 Å². The van der Waals surface area contributed by atoms with Crippen molar-refractivity contribution in [2.24, 2.45) is 4.99 Å². The molecule has 1 aromatic rings. The van der Waals surface area contributed by atoms with Gasteiger partial charge in [0.2, 0.25) is 0 Å². The van der Waals surface area contributed by atoms with Crippen molar-refractivity contribution < 1.29 is 4.79 Å². The molecule has 0 saturated heterocycles. The molecule has 0 radical (unpaired) electrons. The predicted octanol–water partition coefficient (Wildman–Crippen LogP) is 0.550. The Kier molecular flexibility index (Phi) is 1.12. The van der Waals surface area contributed by atoms with Gasteiger partial charge in [0.25, 0.3) is 5.91 Å². The van der Waals surface area contributed by atoms with Gasteiger partial charge in [0.05, 0.1) is 5.92 Å². The highest BCUT2D eigenvalue weighted by molar-refractivity contribution is 6.03. The van der Waals surface area contributed by atoms with Crippen LogP contribution in [0, 0.1) is 0 Å². The van der Waals surface area contributed by atoms with Gasteiger partial charge in [-0.25, -0.2) is 9.98 Å². The topological polar surface area (TPSA) is 54.4 Å². The zero-order chi connectivity index (χ0) is 8.84. The Hall–Kier alpha value is -1.71. The summed E-state index contributed by atoms with van der Waals surface area (Å²) in [6.45, 7) is 0.634. The van der Waals surface area contributed by atoms with E-state index < -0.39 is 0 Å². The molecule has 1 amide bonds. The molecular weight excluding hydrogens is 166 g/mol. The van der Waals surface area contributed by atoms with Crippen molar-refractivity contribution in [3.8, 4) is 0 Å². The van der Waals surface area contributed by atoms with Crippen LogP contribution in [0.5, 0.6) is 0 Å². The first kappa shape index (κ1) is 6.77. The van der Waals surface area contributed by atoms with Crippen molar-refractivity contribution in [3.63, 3.8) is 0 Å². The number of rotatable bonds is 0. The quantitative estimate of drug-likeness (QED) is 0.623.